The number of rotatable bonds is 5. The Morgan fingerprint density at radius 2 is 2.15 bits per heavy atom. The molecule has 1 saturated heterocycles. The summed E-state index contributed by atoms with van der Waals surface area (Å²) < 4.78 is 23.2. The van der Waals surface area contributed by atoms with Crippen LogP contribution in [0.25, 0.3) is 10.9 Å². The molecule has 1 fully saturated rings. The van der Waals surface area contributed by atoms with Gasteiger partial charge in [-0.25, -0.2) is 18.2 Å². The van der Waals surface area contributed by atoms with Crippen molar-refractivity contribution in [2.45, 2.75) is 25.8 Å². The van der Waals surface area contributed by atoms with Crippen molar-refractivity contribution < 1.29 is 13.2 Å². The smallest absolute Gasteiger partial charge is 0.317 e. The van der Waals surface area contributed by atoms with Gasteiger partial charge in [0.1, 0.15) is 5.82 Å². The van der Waals surface area contributed by atoms with Gasteiger partial charge in [0.15, 0.2) is 9.84 Å². The first kappa shape index (κ1) is 18.4. The first-order valence-corrected chi connectivity index (χ1v) is 10.4. The Balaban J connectivity index is 1.60. The number of nitrogens with zero attached hydrogens (tertiary/aromatic N) is 2. The van der Waals surface area contributed by atoms with Crippen LogP contribution >= 0.6 is 0 Å². The number of hydrogen-bond donors (Lipinski definition) is 2. The Hall–Kier alpha value is -2.42. The van der Waals surface area contributed by atoms with Crippen LogP contribution < -0.4 is 10.9 Å². The number of hydrogen-bond acceptors (Lipinski definition) is 5. The molecule has 9 heteroatoms. The SMILES string of the molecule is CCN(C(=O)NCCc1nc2ccccc2c(=O)[nH]1)[C@@H]1CCS(=O)(=O)C1. The molecule has 1 aliphatic heterocycles. The van der Waals surface area contributed by atoms with Crippen molar-refractivity contribution in [3.05, 3.63) is 40.4 Å². The van der Waals surface area contributed by atoms with E-state index in [1.807, 2.05) is 13.0 Å². The zero-order valence-electron chi connectivity index (χ0n) is 14.6. The number of urea groups is 1. The number of H-pyrrole nitrogens is 1. The molecule has 140 valence electrons. The molecule has 0 spiro atoms. The number of aromatic amines is 1. The van der Waals surface area contributed by atoms with E-state index in [1.54, 1.807) is 23.1 Å². The number of para-hydroxylation sites is 1. The molecular weight excluding hydrogens is 356 g/mol. The van der Waals surface area contributed by atoms with Crippen LogP contribution in [-0.2, 0) is 16.3 Å². The highest BCUT2D eigenvalue weighted by Gasteiger charge is 2.33. The van der Waals surface area contributed by atoms with Crippen molar-refractivity contribution in [3.63, 3.8) is 0 Å². The number of carbonyl (C=O) groups is 1. The molecule has 0 bridgehead atoms. The predicted octanol–water partition coefficient (Wildman–Crippen LogP) is 0.684. The van der Waals surface area contributed by atoms with E-state index in [0.29, 0.717) is 42.7 Å². The molecule has 2 aromatic rings. The van der Waals surface area contributed by atoms with E-state index < -0.39 is 9.84 Å². The van der Waals surface area contributed by atoms with Gasteiger partial charge in [-0.3, -0.25) is 4.79 Å². The molecular formula is C17H22N4O4S. The second kappa shape index (κ2) is 7.45. The van der Waals surface area contributed by atoms with E-state index >= 15 is 0 Å². The highest BCUT2D eigenvalue weighted by atomic mass is 32.2. The Kier molecular flexibility index (Phi) is 5.26. The summed E-state index contributed by atoms with van der Waals surface area (Å²) in [6.45, 7) is 2.57. The Morgan fingerprint density at radius 3 is 2.85 bits per heavy atom. The minimum absolute atomic E-state index is 0.0216. The van der Waals surface area contributed by atoms with Gasteiger partial charge in [0.05, 0.1) is 22.4 Å². The number of amides is 2. The van der Waals surface area contributed by atoms with Gasteiger partial charge in [0.2, 0.25) is 0 Å². The maximum absolute atomic E-state index is 12.4. The molecule has 0 saturated carbocycles. The molecule has 0 radical (unpaired) electrons. The van der Waals surface area contributed by atoms with Crippen LogP contribution in [0.2, 0.25) is 0 Å². The van der Waals surface area contributed by atoms with Crippen LogP contribution in [0.1, 0.15) is 19.2 Å². The number of aromatic nitrogens is 2. The number of nitrogens with one attached hydrogen (secondary N) is 2. The van der Waals surface area contributed by atoms with Crippen molar-refractivity contribution in [2.24, 2.45) is 0 Å². The lowest BCUT2D eigenvalue weighted by molar-refractivity contribution is 0.184. The average Bonchev–Trinajstić information content (AvgIpc) is 2.95. The van der Waals surface area contributed by atoms with Gasteiger partial charge in [-0.05, 0) is 25.5 Å². The Bertz CT molecular complexity index is 970. The van der Waals surface area contributed by atoms with Crippen molar-refractivity contribution in [3.8, 4) is 0 Å². The van der Waals surface area contributed by atoms with E-state index in [-0.39, 0.29) is 29.1 Å². The van der Waals surface area contributed by atoms with Crippen molar-refractivity contribution in [1.29, 1.82) is 0 Å². The second-order valence-corrected chi connectivity index (χ2v) is 8.58. The topological polar surface area (TPSA) is 112 Å². The molecule has 1 aliphatic rings. The average molecular weight is 378 g/mol. The van der Waals surface area contributed by atoms with Crippen LogP contribution in [0.3, 0.4) is 0 Å². The van der Waals surface area contributed by atoms with Gasteiger partial charge in [-0.2, -0.15) is 0 Å². The lowest BCUT2D eigenvalue weighted by Gasteiger charge is -2.27. The monoisotopic (exact) mass is 378 g/mol. The molecule has 1 aromatic carbocycles. The molecule has 8 nitrogen and oxygen atoms in total. The lowest BCUT2D eigenvalue weighted by atomic mass is 10.2. The zero-order chi connectivity index (χ0) is 18.7. The summed E-state index contributed by atoms with van der Waals surface area (Å²) in [6.07, 6.45) is 0.857. The van der Waals surface area contributed by atoms with Gasteiger partial charge in [-0.1, -0.05) is 12.1 Å². The van der Waals surface area contributed by atoms with Gasteiger partial charge < -0.3 is 15.2 Å². The molecule has 2 N–H and O–H groups in total. The van der Waals surface area contributed by atoms with Crippen LogP contribution in [0.15, 0.2) is 29.1 Å². The maximum atomic E-state index is 12.4. The first-order valence-electron chi connectivity index (χ1n) is 8.62. The molecule has 2 amide bonds. The fourth-order valence-corrected chi connectivity index (χ4v) is 4.96. The van der Waals surface area contributed by atoms with Gasteiger partial charge >= 0.3 is 6.03 Å². The molecule has 26 heavy (non-hydrogen) atoms. The van der Waals surface area contributed by atoms with Gasteiger partial charge in [-0.15, -0.1) is 0 Å². The summed E-state index contributed by atoms with van der Waals surface area (Å²) in [5, 5.41) is 3.31. The highest BCUT2D eigenvalue weighted by Crippen LogP contribution is 2.17. The maximum Gasteiger partial charge on any atom is 0.317 e. The summed E-state index contributed by atoms with van der Waals surface area (Å²) in [4.78, 5) is 33.1. The Morgan fingerprint density at radius 1 is 1.38 bits per heavy atom. The Labute approximate surface area is 151 Å². The van der Waals surface area contributed by atoms with Crippen molar-refractivity contribution in [1.82, 2.24) is 20.2 Å². The fraction of sp³-hybridized carbons (Fsp3) is 0.471. The minimum atomic E-state index is -3.04. The minimum Gasteiger partial charge on any atom is -0.338 e. The van der Waals surface area contributed by atoms with Gasteiger partial charge in [0, 0.05) is 25.6 Å². The standard InChI is InChI=1S/C17H22N4O4S/c1-2-21(12-8-10-26(24,25)11-12)17(23)18-9-7-15-19-14-6-4-3-5-13(14)16(22)20-15/h3-6,12H,2,7-11H2,1H3,(H,18,23)(H,19,20,22)/t12-/m1/s1. The third-order valence-corrected chi connectivity index (χ3v) is 6.30. The quantitative estimate of drug-likeness (QED) is 0.795. The first-order chi connectivity index (χ1) is 12.4. The summed E-state index contributed by atoms with van der Waals surface area (Å²) in [7, 11) is -3.04. The second-order valence-electron chi connectivity index (χ2n) is 6.35. The molecule has 3 rings (SSSR count). The predicted molar refractivity (Wildman–Crippen MR) is 98.9 cm³/mol. The molecule has 2 heterocycles. The summed E-state index contributed by atoms with van der Waals surface area (Å²) >= 11 is 0. The van der Waals surface area contributed by atoms with Crippen LogP contribution in [0.5, 0.6) is 0 Å². The van der Waals surface area contributed by atoms with Crippen molar-refractivity contribution >= 4 is 26.8 Å². The molecule has 1 aromatic heterocycles. The number of fused-ring (bicyclic) bond motifs is 1. The molecule has 0 aliphatic carbocycles. The summed E-state index contributed by atoms with van der Waals surface area (Å²) in [5.74, 6) is 0.651. The van der Waals surface area contributed by atoms with E-state index in [9.17, 15) is 18.0 Å². The van der Waals surface area contributed by atoms with E-state index in [1.165, 1.54) is 0 Å². The zero-order valence-corrected chi connectivity index (χ0v) is 15.4. The fourth-order valence-electron chi connectivity index (χ4n) is 3.23. The normalized spacial score (nSPS) is 18.7. The summed E-state index contributed by atoms with van der Waals surface area (Å²) in [5.41, 5.74) is 0.409. The summed E-state index contributed by atoms with van der Waals surface area (Å²) in [6, 6.07) is 6.51. The van der Waals surface area contributed by atoms with Crippen molar-refractivity contribution in [2.75, 3.05) is 24.6 Å². The molecule has 0 unspecified atom stereocenters. The number of benzene rings is 1. The largest absolute Gasteiger partial charge is 0.338 e. The van der Waals surface area contributed by atoms with Crippen LogP contribution in [-0.4, -0.2) is 60.0 Å². The highest BCUT2D eigenvalue weighted by molar-refractivity contribution is 7.91. The lowest BCUT2D eigenvalue weighted by Crippen LogP contribution is -2.47. The molecule has 1 atom stereocenters. The van der Waals surface area contributed by atoms with E-state index in [0.717, 1.165) is 0 Å². The number of sulfone groups is 1. The van der Waals surface area contributed by atoms with Crippen LogP contribution in [0.4, 0.5) is 4.79 Å². The van der Waals surface area contributed by atoms with E-state index in [4.69, 9.17) is 0 Å². The van der Waals surface area contributed by atoms with Gasteiger partial charge in [0.25, 0.3) is 5.56 Å². The van der Waals surface area contributed by atoms with E-state index in [2.05, 4.69) is 15.3 Å². The number of carbonyl (C=O) groups excluding carboxylic acids is 1. The third-order valence-electron chi connectivity index (χ3n) is 4.55. The van der Waals surface area contributed by atoms with Crippen LogP contribution in [0, 0.1) is 0 Å². The third kappa shape index (κ3) is 4.04.